The maximum Gasteiger partial charge on any atom is 0.525 e. The maximum absolute atomic E-state index is 15.0. The van der Waals surface area contributed by atoms with Crippen LogP contribution in [0.15, 0.2) is 30.0 Å². The predicted octanol–water partition coefficient (Wildman–Crippen LogP) is 4.14. The molecule has 0 atom stereocenters. The van der Waals surface area contributed by atoms with Gasteiger partial charge in [0.25, 0.3) is 0 Å². The molecular weight excluding hydrogens is 318 g/mol. The highest BCUT2D eigenvalue weighted by atomic mass is 19.1. The zero-order valence-corrected chi connectivity index (χ0v) is 15.6. The molecule has 0 bridgehead atoms. The number of allylic oxidation sites excluding steroid dienone is 1. The van der Waals surface area contributed by atoms with Gasteiger partial charge < -0.3 is 14.4 Å². The topological polar surface area (TPSA) is 38.7 Å². The van der Waals surface area contributed by atoms with Crippen molar-refractivity contribution in [3.05, 3.63) is 41.1 Å². The Morgan fingerprint density at radius 1 is 1.16 bits per heavy atom. The lowest BCUT2D eigenvalue weighted by atomic mass is 9.82. The quantitative estimate of drug-likeness (QED) is 0.507. The normalized spacial score (nSPS) is 19.2. The highest BCUT2D eigenvalue weighted by Gasteiger charge is 2.53. The number of hydrogen-bond donors (Lipinski definition) is 1. The third-order valence-corrected chi connectivity index (χ3v) is 4.83. The fourth-order valence-electron chi connectivity index (χ4n) is 2.50. The van der Waals surface area contributed by atoms with Crippen LogP contribution in [0.4, 0.5) is 4.39 Å². The van der Waals surface area contributed by atoms with Crippen LogP contribution in [-0.4, -0.2) is 30.0 Å². The average molecular weight is 344 g/mol. The molecule has 0 unspecified atom stereocenters. The van der Waals surface area contributed by atoms with Gasteiger partial charge in [-0.1, -0.05) is 30.0 Å². The van der Waals surface area contributed by atoms with Crippen LogP contribution in [0.25, 0.3) is 5.57 Å². The van der Waals surface area contributed by atoms with Crippen molar-refractivity contribution >= 4 is 12.7 Å². The van der Waals surface area contributed by atoms with Gasteiger partial charge in [0.15, 0.2) is 0 Å². The molecule has 134 valence electrons. The summed E-state index contributed by atoms with van der Waals surface area (Å²) in [6.07, 6.45) is 1.24. The lowest BCUT2D eigenvalue weighted by Crippen LogP contribution is -2.41. The number of unbranched alkanes of at least 4 members (excludes halogenated alkanes) is 1. The SMILES string of the molecule is CC(=C(F)B1OC(C)(C)C(C)(C)O1)c1ccccc1C#CCCCO. The van der Waals surface area contributed by atoms with Crippen LogP contribution in [0.1, 0.15) is 58.6 Å². The van der Waals surface area contributed by atoms with E-state index in [9.17, 15) is 0 Å². The van der Waals surface area contributed by atoms with Gasteiger partial charge in [-0.2, -0.15) is 0 Å². The zero-order valence-electron chi connectivity index (χ0n) is 15.6. The third kappa shape index (κ3) is 4.33. The molecule has 1 aliphatic rings. The van der Waals surface area contributed by atoms with Crippen LogP contribution in [0.2, 0.25) is 0 Å². The van der Waals surface area contributed by atoms with E-state index in [1.54, 1.807) is 6.92 Å². The number of hydrogen-bond acceptors (Lipinski definition) is 3. The number of aliphatic hydroxyl groups excluding tert-OH is 1. The Balaban J connectivity index is 2.32. The van der Waals surface area contributed by atoms with E-state index in [4.69, 9.17) is 14.4 Å². The maximum atomic E-state index is 15.0. The van der Waals surface area contributed by atoms with Gasteiger partial charge in [-0.15, -0.1) is 0 Å². The number of rotatable bonds is 4. The Hall–Kier alpha value is -1.61. The second kappa shape index (κ2) is 7.74. The van der Waals surface area contributed by atoms with Crippen molar-refractivity contribution in [2.24, 2.45) is 0 Å². The Morgan fingerprint density at radius 2 is 1.76 bits per heavy atom. The molecule has 25 heavy (non-hydrogen) atoms. The van der Waals surface area contributed by atoms with Crippen molar-refractivity contribution in [2.45, 2.75) is 58.7 Å². The summed E-state index contributed by atoms with van der Waals surface area (Å²) in [5.74, 6) is 6.08. The molecule has 1 saturated heterocycles. The van der Waals surface area contributed by atoms with Crippen LogP contribution >= 0.6 is 0 Å². The smallest absolute Gasteiger partial charge is 0.398 e. The van der Waals surface area contributed by atoms with E-state index < -0.39 is 24.0 Å². The first-order chi connectivity index (χ1) is 11.7. The molecule has 1 N–H and O–H groups in total. The molecule has 2 rings (SSSR count). The van der Waals surface area contributed by atoms with Crippen molar-refractivity contribution in [1.82, 2.24) is 0 Å². The molecule has 0 aliphatic carbocycles. The first kappa shape index (κ1) is 19.7. The molecule has 1 aliphatic heterocycles. The highest BCUT2D eigenvalue weighted by molar-refractivity contribution is 6.55. The van der Waals surface area contributed by atoms with Crippen LogP contribution in [0, 0.1) is 11.8 Å². The van der Waals surface area contributed by atoms with Crippen molar-refractivity contribution in [2.75, 3.05) is 6.61 Å². The van der Waals surface area contributed by atoms with Crippen LogP contribution < -0.4 is 0 Å². The summed E-state index contributed by atoms with van der Waals surface area (Å²) >= 11 is 0. The number of benzene rings is 1. The molecule has 0 radical (unpaired) electrons. The Labute approximate surface area is 150 Å². The third-order valence-electron chi connectivity index (χ3n) is 4.83. The van der Waals surface area contributed by atoms with Crippen LogP contribution in [0.5, 0.6) is 0 Å². The molecular formula is C20H26BFO3. The van der Waals surface area contributed by atoms with Gasteiger partial charge in [-0.25, -0.2) is 4.39 Å². The van der Waals surface area contributed by atoms with Crippen molar-refractivity contribution in [1.29, 1.82) is 0 Å². The first-order valence-corrected chi connectivity index (χ1v) is 8.60. The van der Waals surface area contributed by atoms with E-state index in [0.29, 0.717) is 18.4 Å². The van der Waals surface area contributed by atoms with Crippen LogP contribution in [-0.2, 0) is 9.31 Å². The van der Waals surface area contributed by atoms with E-state index in [1.807, 2.05) is 52.0 Å². The second-order valence-electron chi connectivity index (χ2n) is 7.24. The van der Waals surface area contributed by atoms with Gasteiger partial charge in [-0.3, -0.25) is 0 Å². The van der Waals surface area contributed by atoms with Crippen molar-refractivity contribution in [3.8, 4) is 11.8 Å². The highest BCUT2D eigenvalue weighted by Crippen LogP contribution is 2.40. The molecule has 0 saturated carbocycles. The predicted molar refractivity (Wildman–Crippen MR) is 99.4 cm³/mol. The Kier molecular flexibility index (Phi) is 6.10. The summed E-state index contributed by atoms with van der Waals surface area (Å²) in [7, 11) is -1.01. The summed E-state index contributed by atoms with van der Waals surface area (Å²) in [6, 6.07) is 7.44. The van der Waals surface area contributed by atoms with Gasteiger partial charge in [-0.05, 0) is 58.2 Å². The molecule has 3 nitrogen and oxygen atoms in total. The van der Waals surface area contributed by atoms with Crippen molar-refractivity contribution in [3.63, 3.8) is 0 Å². The molecule has 0 spiro atoms. The summed E-state index contributed by atoms with van der Waals surface area (Å²) in [6.45, 7) is 9.43. The standard InChI is InChI=1S/C20H26BFO3/c1-15(18(22)21-24-19(2,3)20(4,5)25-21)17-13-9-8-12-16(17)11-7-6-10-14-23/h8-9,12-13,23H,6,10,14H2,1-5H3. The second-order valence-corrected chi connectivity index (χ2v) is 7.24. The zero-order chi connectivity index (χ0) is 18.7. The van der Waals surface area contributed by atoms with Crippen LogP contribution in [0.3, 0.4) is 0 Å². The molecule has 0 aromatic heterocycles. The molecule has 5 heteroatoms. The largest absolute Gasteiger partial charge is 0.525 e. The first-order valence-electron chi connectivity index (χ1n) is 8.60. The van der Waals surface area contributed by atoms with Crippen molar-refractivity contribution < 1.29 is 18.8 Å². The summed E-state index contributed by atoms with van der Waals surface area (Å²) in [5, 5.41) is 8.83. The molecule has 0 amide bonds. The summed E-state index contributed by atoms with van der Waals surface area (Å²) < 4.78 is 26.7. The molecule has 1 aromatic carbocycles. The van der Waals surface area contributed by atoms with Gasteiger partial charge in [0.1, 0.15) is 5.73 Å². The minimum Gasteiger partial charge on any atom is -0.398 e. The minimum absolute atomic E-state index is 0.117. The van der Waals surface area contributed by atoms with Gasteiger partial charge >= 0.3 is 7.12 Å². The van der Waals surface area contributed by atoms with E-state index in [0.717, 1.165) is 11.1 Å². The fourth-order valence-corrected chi connectivity index (χ4v) is 2.50. The van der Waals surface area contributed by atoms with E-state index in [2.05, 4.69) is 11.8 Å². The average Bonchev–Trinajstić information content (AvgIpc) is 2.78. The lowest BCUT2D eigenvalue weighted by molar-refractivity contribution is 0.00578. The summed E-state index contributed by atoms with van der Waals surface area (Å²) in [4.78, 5) is 0. The number of aliphatic hydroxyl groups is 1. The summed E-state index contributed by atoms with van der Waals surface area (Å²) in [5.41, 5.74) is 0.349. The van der Waals surface area contributed by atoms with E-state index in [1.165, 1.54) is 0 Å². The van der Waals surface area contributed by atoms with E-state index >= 15 is 4.39 Å². The van der Waals surface area contributed by atoms with Gasteiger partial charge in [0.05, 0.1) is 11.2 Å². The Bertz CT molecular complexity index is 697. The Morgan fingerprint density at radius 3 is 2.36 bits per heavy atom. The monoisotopic (exact) mass is 344 g/mol. The van der Waals surface area contributed by atoms with Gasteiger partial charge in [0, 0.05) is 18.6 Å². The van der Waals surface area contributed by atoms with Gasteiger partial charge in [0.2, 0.25) is 0 Å². The molecule has 1 aromatic rings. The fraction of sp³-hybridized carbons (Fsp3) is 0.500. The number of halogens is 1. The van der Waals surface area contributed by atoms with E-state index in [-0.39, 0.29) is 6.61 Å². The molecule has 1 fully saturated rings. The minimum atomic E-state index is -1.01. The molecule has 1 heterocycles. The lowest BCUT2D eigenvalue weighted by Gasteiger charge is -2.32.